The predicted octanol–water partition coefficient (Wildman–Crippen LogP) is 3.05. The SMILES string of the molecule is CN(C(=O)[C@@H](N)C1CCC(COCc2cccc(C(=O)O)c2)CC1)C1CCC1. The number of carboxylic acid groups (broad SMARTS) is 1. The number of ether oxygens (including phenoxy) is 1. The van der Waals surface area contributed by atoms with Gasteiger partial charge in [0.1, 0.15) is 0 Å². The van der Waals surface area contributed by atoms with Crippen molar-refractivity contribution in [2.45, 2.75) is 63.6 Å². The Morgan fingerprint density at radius 1 is 1.21 bits per heavy atom. The van der Waals surface area contributed by atoms with Crippen molar-refractivity contribution in [1.29, 1.82) is 0 Å². The number of likely N-dealkylation sites (N-methyl/N-ethyl adjacent to an activating group) is 1. The first kappa shape index (κ1) is 20.8. The number of aromatic carboxylic acids is 1. The second kappa shape index (κ2) is 9.52. The summed E-state index contributed by atoms with van der Waals surface area (Å²) in [5.74, 6) is -0.0826. The van der Waals surface area contributed by atoms with Gasteiger partial charge in [-0.1, -0.05) is 12.1 Å². The Morgan fingerprint density at radius 2 is 1.93 bits per heavy atom. The number of carbonyl (C=O) groups excluding carboxylic acids is 1. The number of carbonyl (C=O) groups is 2. The van der Waals surface area contributed by atoms with Gasteiger partial charge >= 0.3 is 5.97 Å². The molecule has 0 unspecified atom stereocenters. The maximum Gasteiger partial charge on any atom is 0.335 e. The van der Waals surface area contributed by atoms with Crippen molar-refractivity contribution < 1.29 is 19.4 Å². The van der Waals surface area contributed by atoms with Crippen LogP contribution in [-0.2, 0) is 16.1 Å². The third kappa shape index (κ3) is 5.11. The molecule has 0 bridgehead atoms. The summed E-state index contributed by atoms with van der Waals surface area (Å²) in [4.78, 5) is 25.5. The lowest BCUT2D eigenvalue weighted by Gasteiger charge is -2.38. The number of carboxylic acids is 1. The molecule has 1 aromatic carbocycles. The molecule has 2 fully saturated rings. The highest BCUT2D eigenvalue weighted by Crippen LogP contribution is 2.32. The Balaban J connectivity index is 1.38. The van der Waals surface area contributed by atoms with Gasteiger partial charge in [-0.3, -0.25) is 4.79 Å². The summed E-state index contributed by atoms with van der Waals surface area (Å²) in [5.41, 5.74) is 7.46. The van der Waals surface area contributed by atoms with Crippen LogP contribution in [0.1, 0.15) is 60.9 Å². The summed E-state index contributed by atoms with van der Waals surface area (Å²) < 4.78 is 5.83. The molecule has 0 radical (unpaired) electrons. The molecule has 1 aromatic rings. The molecule has 28 heavy (non-hydrogen) atoms. The molecule has 154 valence electrons. The number of benzene rings is 1. The van der Waals surface area contributed by atoms with E-state index >= 15 is 0 Å². The molecule has 2 aliphatic carbocycles. The number of nitrogens with zero attached hydrogens (tertiary/aromatic N) is 1. The maximum absolute atomic E-state index is 12.6. The van der Waals surface area contributed by atoms with E-state index in [2.05, 4.69) is 0 Å². The minimum absolute atomic E-state index is 0.0997. The molecular weight excluding hydrogens is 356 g/mol. The van der Waals surface area contributed by atoms with Gasteiger partial charge in [0.25, 0.3) is 0 Å². The van der Waals surface area contributed by atoms with Gasteiger partial charge in [0.2, 0.25) is 5.91 Å². The first-order valence-corrected chi connectivity index (χ1v) is 10.4. The normalized spacial score (nSPS) is 23.6. The van der Waals surface area contributed by atoms with Crippen LogP contribution in [0, 0.1) is 11.8 Å². The molecule has 0 aromatic heterocycles. The maximum atomic E-state index is 12.6. The van der Waals surface area contributed by atoms with Gasteiger partial charge in [-0.25, -0.2) is 4.79 Å². The lowest BCUT2D eigenvalue weighted by molar-refractivity contribution is -0.136. The number of amides is 1. The molecule has 6 heteroatoms. The van der Waals surface area contributed by atoms with Gasteiger partial charge in [0, 0.05) is 19.7 Å². The first-order chi connectivity index (χ1) is 13.5. The highest BCUT2D eigenvalue weighted by atomic mass is 16.5. The molecule has 1 amide bonds. The monoisotopic (exact) mass is 388 g/mol. The fourth-order valence-corrected chi connectivity index (χ4v) is 4.24. The van der Waals surface area contributed by atoms with Crippen LogP contribution in [0.15, 0.2) is 24.3 Å². The molecular formula is C22H32N2O4. The summed E-state index contributed by atoms with van der Waals surface area (Å²) in [6, 6.07) is 6.87. The van der Waals surface area contributed by atoms with Crippen LogP contribution in [0.25, 0.3) is 0 Å². The van der Waals surface area contributed by atoms with Crippen molar-refractivity contribution in [2.24, 2.45) is 17.6 Å². The molecule has 3 N–H and O–H groups in total. The largest absolute Gasteiger partial charge is 0.478 e. The second-order valence-electron chi connectivity index (χ2n) is 8.36. The lowest BCUT2D eigenvalue weighted by atomic mass is 9.78. The van der Waals surface area contributed by atoms with E-state index in [0.29, 0.717) is 25.2 Å². The van der Waals surface area contributed by atoms with Crippen molar-refractivity contribution in [3.8, 4) is 0 Å². The minimum atomic E-state index is -0.922. The van der Waals surface area contributed by atoms with Crippen LogP contribution in [0.5, 0.6) is 0 Å². The van der Waals surface area contributed by atoms with Crippen molar-refractivity contribution in [3.05, 3.63) is 35.4 Å². The zero-order valence-corrected chi connectivity index (χ0v) is 16.7. The Morgan fingerprint density at radius 3 is 2.54 bits per heavy atom. The third-order valence-corrected chi connectivity index (χ3v) is 6.45. The van der Waals surface area contributed by atoms with E-state index in [0.717, 1.165) is 44.1 Å². The van der Waals surface area contributed by atoms with Gasteiger partial charge in [-0.15, -0.1) is 0 Å². The Bertz CT molecular complexity index is 681. The van der Waals surface area contributed by atoms with Crippen molar-refractivity contribution in [1.82, 2.24) is 4.90 Å². The Hall–Kier alpha value is -1.92. The summed E-state index contributed by atoms with van der Waals surface area (Å²) in [6.45, 7) is 1.08. The lowest BCUT2D eigenvalue weighted by Crippen LogP contribution is -2.52. The summed E-state index contributed by atoms with van der Waals surface area (Å²) >= 11 is 0. The number of nitrogens with two attached hydrogens (primary N) is 1. The number of rotatable bonds is 8. The zero-order chi connectivity index (χ0) is 20.1. The van der Waals surface area contributed by atoms with Gasteiger partial charge < -0.3 is 20.5 Å². The third-order valence-electron chi connectivity index (χ3n) is 6.45. The zero-order valence-electron chi connectivity index (χ0n) is 16.7. The quantitative estimate of drug-likeness (QED) is 0.714. The second-order valence-corrected chi connectivity index (χ2v) is 8.36. The topological polar surface area (TPSA) is 92.9 Å². The van der Waals surface area contributed by atoms with Gasteiger partial charge in [-0.2, -0.15) is 0 Å². The molecule has 0 saturated heterocycles. The van der Waals surface area contributed by atoms with E-state index < -0.39 is 5.97 Å². The van der Waals surface area contributed by atoms with E-state index in [-0.39, 0.29) is 23.4 Å². The highest BCUT2D eigenvalue weighted by Gasteiger charge is 2.34. The van der Waals surface area contributed by atoms with E-state index in [1.54, 1.807) is 18.2 Å². The fourth-order valence-electron chi connectivity index (χ4n) is 4.24. The van der Waals surface area contributed by atoms with Crippen LogP contribution in [-0.4, -0.2) is 47.6 Å². The molecule has 1 atom stereocenters. The Kier molecular flexibility index (Phi) is 7.08. The van der Waals surface area contributed by atoms with Crippen LogP contribution in [0.3, 0.4) is 0 Å². The molecule has 2 aliphatic rings. The fraction of sp³-hybridized carbons (Fsp3) is 0.636. The molecule has 0 aliphatic heterocycles. The van der Waals surface area contributed by atoms with Crippen molar-refractivity contribution in [3.63, 3.8) is 0 Å². The van der Waals surface area contributed by atoms with Gasteiger partial charge in [-0.05, 0) is 74.5 Å². The summed E-state index contributed by atoms with van der Waals surface area (Å²) in [5, 5.41) is 9.05. The van der Waals surface area contributed by atoms with Crippen LogP contribution < -0.4 is 5.73 Å². The van der Waals surface area contributed by atoms with E-state index in [4.69, 9.17) is 15.6 Å². The van der Waals surface area contributed by atoms with Crippen LogP contribution >= 0.6 is 0 Å². The van der Waals surface area contributed by atoms with Crippen LogP contribution in [0.2, 0.25) is 0 Å². The van der Waals surface area contributed by atoms with Crippen LogP contribution in [0.4, 0.5) is 0 Å². The predicted molar refractivity (Wildman–Crippen MR) is 107 cm³/mol. The Labute approximate surface area is 167 Å². The highest BCUT2D eigenvalue weighted by molar-refractivity contribution is 5.87. The summed E-state index contributed by atoms with van der Waals surface area (Å²) in [7, 11) is 1.89. The standard InChI is InChI=1S/C22H32N2O4/c1-24(19-6-3-7-19)21(25)20(23)17-10-8-15(9-11-17)13-28-14-16-4-2-5-18(12-16)22(26)27/h2,4-5,12,15,17,19-20H,3,6-11,13-14,23H2,1H3,(H,26,27)/t15?,17?,20-/m0/s1. The first-order valence-electron chi connectivity index (χ1n) is 10.4. The average Bonchev–Trinajstić information content (AvgIpc) is 2.66. The van der Waals surface area contributed by atoms with Crippen molar-refractivity contribution >= 4 is 11.9 Å². The van der Waals surface area contributed by atoms with Gasteiger partial charge in [0.15, 0.2) is 0 Å². The minimum Gasteiger partial charge on any atom is -0.478 e. The molecule has 3 rings (SSSR count). The average molecular weight is 389 g/mol. The molecule has 0 heterocycles. The van der Waals surface area contributed by atoms with E-state index in [1.807, 2.05) is 18.0 Å². The smallest absolute Gasteiger partial charge is 0.335 e. The van der Waals surface area contributed by atoms with Gasteiger partial charge in [0.05, 0.1) is 18.2 Å². The van der Waals surface area contributed by atoms with E-state index in [9.17, 15) is 9.59 Å². The van der Waals surface area contributed by atoms with E-state index in [1.165, 1.54) is 6.42 Å². The van der Waals surface area contributed by atoms with Crippen molar-refractivity contribution in [2.75, 3.05) is 13.7 Å². The molecule has 6 nitrogen and oxygen atoms in total. The summed E-state index contributed by atoms with van der Waals surface area (Å²) in [6.07, 6.45) is 7.40. The molecule has 0 spiro atoms. The molecule has 2 saturated carbocycles. The number of hydrogen-bond donors (Lipinski definition) is 2. The number of hydrogen-bond acceptors (Lipinski definition) is 4.